The van der Waals surface area contributed by atoms with E-state index in [1.807, 2.05) is 0 Å². The van der Waals surface area contributed by atoms with Crippen LogP contribution in [-0.2, 0) is 9.53 Å². The number of methoxy groups -OCH3 is 1. The lowest BCUT2D eigenvalue weighted by atomic mass is 10.1. The number of halogens is 1. The number of allylic oxidation sites excluding steroid dienone is 4. The Kier molecular flexibility index (Phi) is 14.2. The summed E-state index contributed by atoms with van der Waals surface area (Å²) in [6.07, 6.45) is 16.4. The number of rotatable bonds is 8. The van der Waals surface area contributed by atoms with E-state index in [4.69, 9.17) is 6.42 Å². The second-order valence-electron chi connectivity index (χ2n) is 4.40. The molecule has 0 aromatic heterocycles. The molecule has 0 fully saturated rings. The van der Waals surface area contributed by atoms with Crippen LogP contribution in [0.25, 0.3) is 0 Å². The lowest BCUT2D eigenvalue weighted by molar-refractivity contribution is -0.140. The molecule has 0 N–H and O–H groups in total. The molecule has 3 heteroatoms. The summed E-state index contributed by atoms with van der Waals surface area (Å²) >= 11 is 3.54. The van der Waals surface area contributed by atoms with Crippen molar-refractivity contribution in [2.24, 2.45) is 0 Å². The topological polar surface area (TPSA) is 26.3 Å². The Balaban J connectivity index is 3.67. The summed E-state index contributed by atoms with van der Waals surface area (Å²) in [4.78, 5) is 10.9. The number of ether oxygens (including phenoxy) is 1. The van der Waals surface area contributed by atoms with E-state index in [1.165, 1.54) is 11.6 Å². The monoisotopic (exact) mass is 360 g/mol. The summed E-state index contributed by atoms with van der Waals surface area (Å²) in [5.41, 5.74) is 0. The summed E-state index contributed by atoms with van der Waals surface area (Å²) in [6, 6.07) is 0. The molecular formula is C19H21BrO2. The van der Waals surface area contributed by atoms with Crippen LogP contribution in [0.2, 0.25) is 0 Å². The first-order valence-electron chi connectivity index (χ1n) is 7.21. The lowest BCUT2D eigenvalue weighted by Crippen LogP contribution is -1.98. The van der Waals surface area contributed by atoms with E-state index in [1.54, 1.807) is 12.2 Å². The van der Waals surface area contributed by atoms with Gasteiger partial charge in [-0.05, 0) is 60.6 Å². The number of carbonyl (C=O) groups excluding carboxylic acids is 1. The highest BCUT2D eigenvalue weighted by molar-refractivity contribution is 9.11. The molecule has 22 heavy (non-hydrogen) atoms. The quantitative estimate of drug-likeness (QED) is 0.365. The molecule has 0 unspecified atom stereocenters. The van der Waals surface area contributed by atoms with Gasteiger partial charge in [-0.25, -0.2) is 0 Å². The van der Waals surface area contributed by atoms with Gasteiger partial charge in [-0.2, -0.15) is 0 Å². The molecule has 0 spiro atoms. The fraction of sp³-hybridized carbons (Fsp3) is 0.421. The number of carbonyl (C=O) groups is 1. The van der Waals surface area contributed by atoms with E-state index in [0.717, 1.165) is 38.5 Å². The number of esters is 1. The smallest absolute Gasteiger partial charge is 0.305 e. The average Bonchev–Trinajstić information content (AvgIpc) is 2.53. The molecule has 0 aromatic rings. The van der Waals surface area contributed by atoms with Crippen LogP contribution in [0.5, 0.6) is 0 Å². The maximum Gasteiger partial charge on any atom is 0.305 e. The van der Waals surface area contributed by atoms with Crippen LogP contribution < -0.4 is 0 Å². The van der Waals surface area contributed by atoms with Crippen LogP contribution in [-0.4, -0.2) is 13.1 Å². The van der Waals surface area contributed by atoms with Crippen LogP contribution >= 0.6 is 15.9 Å². The van der Waals surface area contributed by atoms with Crippen LogP contribution in [0.3, 0.4) is 0 Å². The van der Waals surface area contributed by atoms with Gasteiger partial charge < -0.3 is 4.74 Å². The minimum absolute atomic E-state index is 0.152. The molecule has 0 aliphatic heterocycles. The Morgan fingerprint density at radius 3 is 2.73 bits per heavy atom. The average molecular weight is 361 g/mol. The van der Waals surface area contributed by atoms with Crippen LogP contribution in [0.15, 0.2) is 22.7 Å². The highest BCUT2D eigenvalue weighted by Gasteiger charge is 1.98. The van der Waals surface area contributed by atoms with Gasteiger partial charge in [0, 0.05) is 12.8 Å². The highest BCUT2D eigenvalue weighted by atomic mass is 79.9. The standard InChI is InChI=1S/C19H21BrO2/c1-3-4-5-6-7-8-9-10-11-12-15-18(20)16-13-14-17-19(21)22-2/h1,4-5,16H,10-15,17H2,2H3/b5-4-,18-16+. The second-order valence-corrected chi connectivity index (χ2v) is 5.42. The second kappa shape index (κ2) is 15.5. The molecule has 0 amide bonds. The maximum atomic E-state index is 10.9. The van der Waals surface area contributed by atoms with Crippen molar-refractivity contribution in [3.63, 3.8) is 0 Å². The molecule has 0 saturated heterocycles. The number of unbranched alkanes of at least 4 members (excludes halogenated alkanes) is 3. The Bertz CT molecular complexity index is 542. The van der Waals surface area contributed by atoms with Crippen LogP contribution in [0.4, 0.5) is 0 Å². The Morgan fingerprint density at radius 2 is 2.00 bits per heavy atom. The first-order chi connectivity index (χ1) is 10.7. The summed E-state index contributed by atoms with van der Waals surface area (Å²) in [6.45, 7) is 0. The van der Waals surface area contributed by atoms with Gasteiger partial charge in [0.2, 0.25) is 0 Å². The van der Waals surface area contributed by atoms with Gasteiger partial charge in [-0.3, -0.25) is 4.79 Å². The zero-order valence-corrected chi connectivity index (χ0v) is 14.5. The van der Waals surface area contributed by atoms with Crippen molar-refractivity contribution in [1.82, 2.24) is 0 Å². The fourth-order valence-corrected chi connectivity index (χ4v) is 2.00. The molecule has 0 aliphatic carbocycles. The minimum Gasteiger partial charge on any atom is -0.469 e. The van der Waals surface area contributed by atoms with Crippen molar-refractivity contribution in [3.8, 4) is 36.0 Å². The zero-order valence-electron chi connectivity index (χ0n) is 13.0. The third kappa shape index (κ3) is 14.5. The minimum atomic E-state index is -0.152. The van der Waals surface area contributed by atoms with Crippen molar-refractivity contribution in [1.29, 1.82) is 0 Å². The third-order valence-electron chi connectivity index (χ3n) is 2.63. The Morgan fingerprint density at radius 1 is 1.18 bits per heavy atom. The highest BCUT2D eigenvalue weighted by Crippen LogP contribution is 2.16. The van der Waals surface area contributed by atoms with Crippen molar-refractivity contribution in [2.75, 3.05) is 7.11 Å². The van der Waals surface area contributed by atoms with Gasteiger partial charge in [0.05, 0.1) is 7.11 Å². The van der Waals surface area contributed by atoms with Crippen molar-refractivity contribution in [2.45, 2.75) is 44.9 Å². The predicted molar refractivity (Wildman–Crippen MR) is 94.9 cm³/mol. The molecule has 0 radical (unpaired) electrons. The van der Waals surface area contributed by atoms with Gasteiger partial charge in [-0.1, -0.05) is 39.8 Å². The van der Waals surface area contributed by atoms with Gasteiger partial charge >= 0.3 is 5.97 Å². The molecule has 0 rings (SSSR count). The molecule has 116 valence electrons. The lowest BCUT2D eigenvalue weighted by Gasteiger charge is -1.99. The van der Waals surface area contributed by atoms with Crippen molar-refractivity contribution in [3.05, 3.63) is 22.7 Å². The molecule has 0 heterocycles. The van der Waals surface area contributed by atoms with Gasteiger partial charge in [-0.15, -0.1) is 6.42 Å². The summed E-state index contributed by atoms with van der Waals surface area (Å²) < 4.78 is 5.77. The molecule has 2 nitrogen and oxygen atoms in total. The van der Waals surface area contributed by atoms with E-state index in [-0.39, 0.29) is 5.97 Å². The van der Waals surface area contributed by atoms with E-state index >= 15 is 0 Å². The largest absolute Gasteiger partial charge is 0.469 e. The van der Waals surface area contributed by atoms with E-state index in [9.17, 15) is 4.79 Å². The van der Waals surface area contributed by atoms with Crippen LogP contribution in [0, 0.1) is 36.0 Å². The van der Waals surface area contributed by atoms with Crippen LogP contribution in [0.1, 0.15) is 44.9 Å². The zero-order chi connectivity index (χ0) is 16.5. The van der Waals surface area contributed by atoms with Gasteiger partial charge in [0.25, 0.3) is 0 Å². The molecule has 0 bridgehead atoms. The Hall–Kier alpha value is -1.89. The van der Waals surface area contributed by atoms with Crippen molar-refractivity contribution < 1.29 is 9.53 Å². The van der Waals surface area contributed by atoms with E-state index in [2.05, 4.69) is 56.3 Å². The summed E-state index contributed by atoms with van der Waals surface area (Å²) in [5, 5.41) is 0. The fourth-order valence-electron chi connectivity index (χ4n) is 1.49. The van der Waals surface area contributed by atoms with Gasteiger partial charge in [0.15, 0.2) is 0 Å². The third-order valence-corrected chi connectivity index (χ3v) is 3.35. The Labute approximate surface area is 142 Å². The normalized spacial score (nSPS) is 10.1. The van der Waals surface area contributed by atoms with E-state index < -0.39 is 0 Å². The van der Waals surface area contributed by atoms with E-state index in [0.29, 0.717) is 6.42 Å². The summed E-state index contributed by atoms with van der Waals surface area (Å²) in [7, 11) is 1.41. The molecule has 0 saturated carbocycles. The first kappa shape index (κ1) is 20.1. The molecule has 0 aromatic carbocycles. The molecule has 0 atom stereocenters. The first-order valence-corrected chi connectivity index (χ1v) is 8.01. The molecule has 0 aliphatic rings. The number of hydrogen-bond acceptors (Lipinski definition) is 2. The SMILES string of the molecule is C#C/C=C\C#CC#CCCCC/C(Br)=C\CCCC(=O)OC. The van der Waals surface area contributed by atoms with Crippen molar-refractivity contribution >= 4 is 21.9 Å². The summed E-state index contributed by atoms with van der Waals surface area (Å²) in [5.74, 6) is 13.5. The molecular weight excluding hydrogens is 340 g/mol. The number of hydrogen-bond donors (Lipinski definition) is 0. The maximum absolute atomic E-state index is 10.9. The number of terminal acetylenes is 1. The predicted octanol–water partition coefficient (Wildman–Crippen LogP) is 4.37. The van der Waals surface area contributed by atoms with Gasteiger partial charge in [0.1, 0.15) is 0 Å².